The van der Waals surface area contributed by atoms with Crippen molar-refractivity contribution in [3.8, 4) is 11.5 Å². The van der Waals surface area contributed by atoms with Gasteiger partial charge < -0.3 is 14.6 Å². The van der Waals surface area contributed by atoms with E-state index >= 15 is 0 Å². The highest BCUT2D eigenvalue weighted by Crippen LogP contribution is 2.52. The number of hydrogen-bond acceptors (Lipinski definition) is 4. The van der Waals surface area contributed by atoms with E-state index < -0.39 is 10.7 Å². The molecule has 2 aromatic carbocycles. The summed E-state index contributed by atoms with van der Waals surface area (Å²) in [5.41, 5.74) is 3.43. The van der Waals surface area contributed by atoms with Gasteiger partial charge in [0.15, 0.2) is 0 Å². The van der Waals surface area contributed by atoms with E-state index in [9.17, 15) is 9.90 Å². The van der Waals surface area contributed by atoms with Crippen molar-refractivity contribution in [3.05, 3.63) is 71.3 Å². The second-order valence-electron chi connectivity index (χ2n) is 7.89. The van der Waals surface area contributed by atoms with Crippen LogP contribution >= 0.6 is 11.8 Å². The number of benzene rings is 2. The SMILES string of the molecule is CCOc1ccc(C(SCC(=O)O)(C2=CCC(C)CC2)c2ccc(OCC)cc2)cc1. The van der Waals surface area contributed by atoms with Gasteiger partial charge in [-0.05, 0) is 80.0 Å². The average molecular weight is 441 g/mol. The molecule has 0 saturated heterocycles. The lowest BCUT2D eigenvalue weighted by Crippen LogP contribution is -2.30. The Hall–Kier alpha value is -2.40. The molecule has 0 fully saturated rings. The van der Waals surface area contributed by atoms with Gasteiger partial charge in [-0.15, -0.1) is 11.8 Å². The molecule has 4 nitrogen and oxygen atoms in total. The number of carbonyl (C=O) groups is 1. The Morgan fingerprint density at radius 1 is 1.00 bits per heavy atom. The number of rotatable bonds is 10. The number of ether oxygens (including phenoxy) is 2. The normalized spacial score (nSPS) is 16.5. The number of aliphatic carboxylic acids is 1. The van der Waals surface area contributed by atoms with Crippen molar-refractivity contribution >= 4 is 17.7 Å². The summed E-state index contributed by atoms with van der Waals surface area (Å²) in [5, 5.41) is 9.56. The third kappa shape index (κ3) is 5.45. The Bertz CT molecular complexity index is 837. The molecule has 3 rings (SSSR count). The third-order valence-electron chi connectivity index (χ3n) is 5.68. The highest BCUT2D eigenvalue weighted by Gasteiger charge is 2.40. The summed E-state index contributed by atoms with van der Waals surface area (Å²) in [6.45, 7) is 7.43. The standard InChI is InChI=1S/C26H32O4S/c1-4-29-23-14-10-21(11-15-23)26(31-18-25(27)28,20-8-6-19(3)7-9-20)22-12-16-24(17-13-22)30-5-2/h8,10-17,19H,4-7,9,18H2,1-3H3,(H,27,28). The largest absolute Gasteiger partial charge is 0.494 e. The van der Waals surface area contributed by atoms with Gasteiger partial charge >= 0.3 is 5.97 Å². The van der Waals surface area contributed by atoms with E-state index in [2.05, 4.69) is 37.3 Å². The number of hydrogen-bond donors (Lipinski definition) is 1. The van der Waals surface area contributed by atoms with Crippen LogP contribution in [-0.2, 0) is 9.54 Å². The van der Waals surface area contributed by atoms with Gasteiger partial charge in [-0.2, -0.15) is 0 Å². The zero-order valence-electron chi connectivity index (χ0n) is 18.6. The molecule has 0 aromatic heterocycles. The van der Waals surface area contributed by atoms with E-state index in [0.29, 0.717) is 19.1 Å². The summed E-state index contributed by atoms with van der Waals surface area (Å²) in [7, 11) is 0. The predicted octanol–water partition coefficient (Wildman–Crippen LogP) is 6.29. The van der Waals surface area contributed by atoms with E-state index in [4.69, 9.17) is 9.47 Å². The van der Waals surface area contributed by atoms with Crippen LogP contribution in [0.5, 0.6) is 11.5 Å². The number of carboxylic acid groups (broad SMARTS) is 1. The first-order valence-corrected chi connectivity index (χ1v) is 12.0. The summed E-state index contributed by atoms with van der Waals surface area (Å²) < 4.78 is 10.7. The Balaban J connectivity index is 2.15. The van der Waals surface area contributed by atoms with Gasteiger partial charge in [-0.25, -0.2) is 0 Å². The first-order valence-electron chi connectivity index (χ1n) is 11.0. The van der Waals surface area contributed by atoms with Crippen molar-refractivity contribution in [2.24, 2.45) is 5.92 Å². The van der Waals surface area contributed by atoms with E-state index in [1.54, 1.807) is 0 Å². The lowest BCUT2D eigenvalue weighted by atomic mass is 9.77. The molecule has 5 heteroatoms. The maximum atomic E-state index is 11.6. The van der Waals surface area contributed by atoms with Crippen LogP contribution < -0.4 is 9.47 Å². The fourth-order valence-corrected chi connectivity index (χ4v) is 5.47. The van der Waals surface area contributed by atoms with Crippen LogP contribution in [0.2, 0.25) is 0 Å². The zero-order chi connectivity index (χ0) is 22.3. The maximum absolute atomic E-state index is 11.6. The van der Waals surface area contributed by atoms with Crippen molar-refractivity contribution < 1.29 is 19.4 Å². The molecular formula is C26H32O4S. The second-order valence-corrected chi connectivity index (χ2v) is 9.08. The van der Waals surface area contributed by atoms with Gasteiger partial charge in [0.2, 0.25) is 0 Å². The average Bonchev–Trinajstić information content (AvgIpc) is 2.77. The fraction of sp³-hybridized carbons (Fsp3) is 0.423. The Morgan fingerprint density at radius 2 is 1.52 bits per heavy atom. The number of carboxylic acids is 1. The first-order chi connectivity index (χ1) is 15.0. The molecule has 0 aliphatic heterocycles. The molecule has 1 N–H and O–H groups in total. The van der Waals surface area contributed by atoms with Crippen LogP contribution in [0.4, 0.5) is 0 Å². The molecule has 1 aliphatic carbocycles. The molecule has 0 radical (unpaired) electrons. The van der Waals surface area contributed by atoms with Crippen LogP contribution in [0.1, 0.15) is 51.2 Å². The van der Waals surface area contributed by atoms with Crippen molar-refractivity contribution in [2.45, 2.75) is 44.8 Å². The van der Waals surface area contributed by atoms with Gasteiger partial charge in [-0.3, -0.25) is 4.79 Å². The van der Waals surface area contributed by atoms with Crippen LogP contribution in [0.15, 0.2) is 60.2 Å². The van der Waals surface area contributed by atoms with Crippen molar-refractivity contribution in [2.75, 3.05) is 19.0 Å². The minimum atomic E-state index is -0.809. The molecule has 0 bridgehead atoms. The molecule has 1 atom stereocenters. The lowest BCUT2D eigenvalue weighted by Gasteiger charge is -2.39. The van der Waals surface area contributed by atoms with Gasteiger partial charge in [0, 0.05) is 0 Å². The van der Waals surface area contributed by atoms with Crippen LogP contribution in [0.25, 0.3) is 0 Å². The van der Waals surface area contributed by atoms with Crippen molar-refractivity contribution in [3.63, 3.8) is 0 Å². The van der Waals surface area contributed by atoms with Crippen LogP contribution in [0, 0.1) is 5.92 Å². The predicted molar refractivity (Wildman–Crippen MR) is 127 cm³/mol. The maximum Gasteiger partial charge on any atom is 0.313 e. The van der Waals surface area contributed by atoms with Gasteiger partial charge in [0.25, 0.3) is 0 Å². The fourth-order valence-electron chi connectivity index (χ4n) is 4.16. The van der Waals surface area contributed by atoms with Gasteiger partial charge in [0.1, 0.15) is 11.5 Å². The summed E-state index contributed by atoms with van der Waals surface area (Å²) in [4.78, 5) is 11.6. The quantitative estimate of drug-likeness (QED) is 0.440. The molecule has 1 unspecified atom stereocenters. The minimum Gasteiger partial charge on any atom is -0.494 e. The van der Waals surface area contributed by atoms with E-state index in [0.717, 1.165) is 41.9 Å². The highest BCUT2D eigenvalue weighted by atomic mass is 32.2. The second kappa shape index (κ2) is 10.8. The molecule has 0 saturated carbocycles. The van der Waals surface area contributed by atoms with Crippen LogP contribution in [-0.4, -0.2) is 30.0 Å². The lowest BCUT2D eigenvalue weighted by molar-refractivity contribution is -0.133. The molecule has 166 valence electrons. The molecule has 31 heavy (non-hydrogen) atoms. The Labute approximate surface area is 189 Å². The monoisotopic (exact) mass is 440 g/mol. The Morgan fingerprint density at radius 3 is 1.90 bits per heavy atom. The van der Waals surface area contributed by atoms with Crippen molar-refractivity contribution in [1.82, 2.24) is 0 Å². The van der Waals surface area contributed by atoms with Gasteiger partial charge in [0.05, 0.1) is 23.7 Å². The molecule has 0 spiro atoms. The van der Waals surface area contributed by atoms with E-state index in [1.807, 2.05) is 38.1 Å². The molecular weight excluding hydrogens is 408 g/mol. The summed E-state index contributed by atoms with van der Waals surface area (Å²) in [6, 6.07) is 16.2. The number of thioether (sulfide) groups is 1. The van der Waals surface area contributed by atoms with Crippen LogP contribution in [0.3, 0.4) is 0 Å². The smallest absolute Gasteiger partial charge is 0.313 e. The summed E-state index contributed by atoms with van der Waals surface area (Å²) in [5.74, 6) is 1.50. The summed E-state index contributed by atoms with van der Waals surface area (Å²) in [6.07, 6.45) is 5.40. The molecule has 2 aromatic rings. The van der Waals surface area contributed by atoms with Gasteiger partial charge in [-0.1, -0.05) is 37.3 Å². The summed E-state index contributed by atoms with van der Waals surface area (Å²) >= 11 is 1.48. The highest BCUT2D eigenvalue weighted by molar-refractivity contribution is 8.01. The zero-order valence-corrected chi connectivity index (χ0v) is 19.4. The minimum absolute atomic E-state index is 0.0211. The third-order valence-corrected chi connectivity index (χ3v) is 7.24. The Kier molecular flexibility index (Phi) is 8.08. The van der Waals surface area contributed by atoms with E-state index in [-0.39, 0.29) is 5.75 Å². The first kappa shape index (κ1) is 23.3. The molecule has 0 amide bonds. The van der Waals surface area contributed by atoms with Crippen molar-refractivity contribution in [1.29, 1.82) is 0 Å². The number of allylic oxidation sites excluding steroid dienone is 1. The molecule has 0 heterocycles. The topological polar surface area (TPSA) is 55.8 Å². The molecule has 1 aliphatic rings. The van der Waals surface area contributed by atoms with E-state index in [1.165, 1.54) is 17.3 Å².